The van der Waals surface area contributed by atoms with Gasteiger partial charge in [0.05, 0.1) is 23.3 Å². The molecule has 2 heterocycles. The Hall–Kier alpha value is -2.50. The minimum absolute atomic E-state index is 0.0858. The highest BCUT2D eigenvalue weighted by molar-refractivity contribution is 6.33. The number of benzene rings is 2. The van der Waals surface area contributed by atoms with E-state index >= 15 is 0 Å². The van der Waals surface area contributed by atoms with Crippen molar-refractivity contribution < 1.29 is 9.53 Å². The van der Waals surface area contributed by atoms with E-state index in [1.165, 1.54) is 0 Å². The van der Waals surface area contributed by atoms with Gasteiger partial charge in [-0.3, -0.25) is 9.69 Å². The van der Waals surface area contributed by atoms with Crippen LogP contribution in [0.1, 0.15) is 23.7 Å². The van der Waals surface area contributed by atoms with E-state index < -0.39 is 0 Å². The Morgan fingerprint density at radius 3 is 2.50 bits per heavy atom. The van der Waals surface area contributed by atoms with Crippen LogP contribution < -0.4 is 9.64 Å². The molecule has 6 heteroatoms. The summed E-state index contributed by atoms with van der Waals surface area (Å²) in [4.78, 5) is 17.0. The molecule has 4 rings (SSSR count). The number of carbonyl (C=O) groups excluding carboxylic acids is 1. The SMILES string of the molecule is COc1cccc2c(C(C)=O)cn(CCCN3CCN(c4ccccc4Cl)CC3)c12. The molecule has 0 spiro atoms. The molecular weight excluding hydrogens is 398 g/mol. The lowest BCUT2D eigenvalue weighted by Crippen LogP contribution is -2.46. The number of ketones is 1. The van der Waals surface area contributed by atoms with Crippen molar-refractivity contribution in [2.45, 2.75) is 19.9 Å². The second kappa shape index (κ2) is 9.11. The Morgan fingerprint density at radius 1 is 1.03 bits per heavy atom. The van der Waals surface area contributed by atoms with Crippen molar-refractivity contribution in [1.82, 2.24) is 9.47 Å². The number of hydrogen-bond donors (Lipinski definition) is 0. The van der Waals surface area contributed by atoms with E-state index in [2.05, 4.69) is 20.4 Å². The number of piperazine rings is 1. The third-order valence-electron chi connectivity index (χ3n) is 5.90. The minimum Gasteiger partial charge on any atom is -0.495 e. The number of para-hydroxylation sites is 2. The lowest BCUT2D eigenvalue weighted by molar-refractivity contribution is 0.101. The summed E-state index contributed by atoms with van der Waals surface area (Å²) in [6.07, 6.45) is 3.00. The van der Waals surface area contributed by atoms with Crippen molar-refractivity contribution in [2.75, 3.05) is 44.7 Å². The van der Waals surface area contributed by atoms with Crippen LogP contribution in [0.15, 0.2) is 48.7 Å². The van der Waals surface area contributed by atoms with Gasteiger partial charge >= 0.3 is 0 Å². The van der Waals surface area contributed by atoms with Gasteiger partial charge in [-0.1, -0.05) is 35.9 Å². The molecule has 1 aliphatic heterocycles. The number of hydrogen-bond acceptors (Lipinski definition) is 4. The highest BCUT2D eigenvalue weighted by Gasteiger charge is 2.19. The Morgan fingerprint density at radius 2 is 1.80 bits per heavy atom. The number of Topliss-reactive ketones (excluding diaryl/α,β-unsaturated/α-hetero) is 1. The second-order valence-corrected chi connectivity index (χ2v) is 8.19. The maximum absolute atomic E-state index is 12.1. The fourth-order valence-electron chi connectivity index (χ4n) is 4.33. The quantitative estimate of drug-likeness (QED) is 0.513. The number of anilines is 1. The van der Waals surface area contributed by atoms with Crippen LogP contribution in [0.3, 0.4) is 0 Å². The van der Waals surface area contributed by atoms with E-state index in [1.807, 2.05) is 42.6 Å². The number of nitrogens with zero attached hydrogens (tertiary/aromatic N) is 3. The van der Waals surface area contributed by atoms with Crippen LogP contribution in [0.5, 0.6) is 5.75 Å². The molecule has 1 saturated heterocycles. The summed E-state index contributed by atoms with van der Waals surface area (Å²) < 4.78 is 7.73. The van der Waals surface area contributed by atoms with Gasteiger partial charge in [0.2, 0.25) is 0 Å². The van der Waals surface area contributed by atoms with E-state index in [0.29, 0.717) is 0 Å². The molecule has 1 aliphatic rings. The maximum atomic E-state index is 12.1. The van der Waals surface area contributed by atoms with Crippen LogP contribution in [-0.2, 0) is 6.54 Å². The van der Waals surface area contributed by atoms with Crippen LogP contribution >= 0.6 is 11.6 Å². The van der Waals surface area contributed by atoms with E-state index in [0.717, 1.165) is 78.6 Å². The van der Waals surface area contributed by atoms with Crippen molar-refractivity contribution in [3.8, 4) is 5.75 Å². The molecule has 30 heavy (non-hydrogen) atoms. The smallest absolute Gasteiger partial charge is 0.161 e. The third-order valence-corrected chi connectivity index (χ3v) is 6.22. The summed E-state index contributed by atoms with van der Waals surface area (Å²) in [5, 5.41) is 1.79. The number of fused-ring (bicyclic) bond motifs is 1. The molecule has 158 valence electrons. The van der Waals surface area contributed by atoms with E-state index in [9.17, 15) is 4.79 Å². The van der Waals surface area contributed by atoms with E-state index in [1.54, 1.807) is 14.0 Å². The number of carbonyl (C=O) groups is 1. The largest absolute Gasteiger partial charge is 0.495 e. The highest BCUT2D eigenvalue weighted by Crippen LogP contribution is 2.30. The molecule has 0 bridgehead atoms. The van der Waals surface area contributed by atoms with Crippen molar-refractivity contribution in [3.05, 3.63) is 59.2 Å². The maximum Gasteiger partial charge on any atom is 0.161 e. The van der Waals surface area contributed by atoms with Gasteiger partial charge in [0, 0.05) is 49.9 Å². The van der Waals surface area contributed by atoms with Gasteiger partial charge in [-0.25, -0.2) is 0 Å². The van der Waals surface area contributed by atoms with Crippen molar-refractivity contribution >= 4 is 34.0 Å². The Labute approximate surface area is 182 Å². The van der Waals surface area contributed by atoms with Crippen LogP contribution in [0, 0.1) is 0 Å². The molecule has 0 unspecified atom stereocenters. The zero-order valence-corrected chi connectivity index (χ0v) is 18.4. The van der Waals surface area contributed by atoms with Crippen LogP contribution in [-0.4, -0.2) is 55.1 Å². The lowest BCUT2D eigenvalue weighted by Gasteiger charge is -2.36. The molecule has 1 aromatic heterocycles. The molecule has 5 nitrogen and oxygen atoms in total. The Kier molecular flexibility index (Phi) is 6.30. The number of rotatable bonds is 7. The first kappa shape index (κ1) is 20.8. The van der Waals surface area contributed by atoms with Gasteiger partial charge in [0.1, 0.15) is 5.75 Å². The molecule has 0 N–H and O–H groups in total. The standard InChI is InChI=1S/C24H28ClN3O2/c1-18(29)20-17-28(24-19(20)7-5-10-23(24)30-2)12-6-11-26-13-15-27(16-14-26)22-9-4-3-8-21(22)25/h3-5,7-10,17H,6,11-16H2,1-2H3. The van der Waals surface area contributed by atoms with E-state index in [4.69, 9.17) is 16.3 Å². The third kappa shape index (κ3) is 4.18. The van der Waals surface area contributed by atoms with Crippen molar-refractivity contribution in [1.29, 1.82) is 0 Å². The normalized spacial score (nSPS) is 15.0. The Bertz CT molecular complexity index is 1040. The molecule has 3 aromatic rings. The fraction of sp³-hybridized carbons (Fsp3) is 0.375. The summed E-state index contributed by atoms with van der Waals surface area (Å²) in [7, 11) is 1.68. The molecule has 2 aromatic carbocycles. The second-order valence-electron chi connectivity index (χ2n) is 7.78. The molecular formula is C24H28ClN3O2. The first-order valence-corrected chi connectivity index (χ1v) is 10.8. The van der Waals surface area contributed by atoms with Crippen molar-refractivity contribution in [2.24, 2.45) is 0 Å². The Balaban J connectivity index is 1.38. The number of aromatic nitrogens is 1. The predicted octanol–water partition coefficient (Wildman–Crippen LogP) is 4.72. The first-order valence-electron chi connectivity index (χ1n) is 10.5. The topological polar surface area (TPSA) is 37.7 Å². The average Bonchev–Trinajstić information content (AvgIpc) is 3.14. The lowest BCUT2D eigenvalue weighted by atomic mass is 10.1. The van der Waals surface area contributed by atoms with Crippen LogP contribution in [0.25, 0.3) is 10.9 Å². The van der Waals surface area contributed by atoms with Gasteiger partial charge in [-0.2, -0.15) is 0 Å². The molecule has 0 radical (unpaired) electrons. The van der Waals surface area contributed by atoms with Gasteiger partial charge in [-0.05, 0) is 38.1 Å². The minimum atomic E-state index is 0.0858. The van der Waals surface area contributed by atoms with Gasteiger partial charge in [-0.15, -0.1) is 0 Å². The summed E-state index contributed by atoms with van der Waals surface area (Å²) in [6.45, 7) is 7.53. The number of methoxy groups -OCH3 is 1. The van der Waals surface area contributed by atoms with Gasteiger partial charge < -0.3 is 14.2 Å². The highest BCUT2D eigenvalue weighted by atomic mass is 35.5. The monoisotopic (exact) mass is 425 g/mol. The molecule has 0 saturated carbocycles. The van der Waals surface area contributed by atoms with Crippen LogP contribution in [0.4, 0.5) is 5.69 Å². The number of ether oxygens (including phenoxy) is 1. The average molecular weight is 426 g/mol. The van der Waals surface area contributed by atoms with Crippen molar-refractivity contribution in [3.63, 3.8) is 0 Å². The molecule has 0 amide bonds. The molecule has 1 fully saturated rings. The van der Waals surface area contributed by atoms with E-state index in [-0.39, 0.29) is 5.78 Å². The zero-order valence-electron chi connectivity index (χ0n) is 17.6. The van der Waals surface area contributed by atoms with Gasteiger partial charge in [0.25, 0.3) is 0 Å². The molecule has 0 atom stereocenters. The number of aryl methyl sites for hydroxylation is 1. The summed E-state index contributed by atoms with van der Waals surface area (Å²) >= 11 is 6.35. The summed E-state index contributed by atoms with van der Waals surface area (Å²) in [5.41, 5.74) is 2.90. The zero-order chi connectivity index (χ0) is 21.1. The fourth-order valence-corrected chi connectivity index (χ4v) is 4.59. The molecule has 0 aliphatic carbocycles. The van der Waals surface area contributed by atoms with Crippen LogP contribution in [0.2, 0.25) is 5.02 Å². The number of halogens is 1. The van der Waals surface area contributed by atoms with Gasteiger partial charge in [0.15, 0.2) is 5.78 Å². The summed E-state index contributed by atoms with van der Waals surface area (Å²) in [6, 6.07) is 14.0. The predicted molar refractivity (Wildman–Crippen MR) is 123 cm³/mol. The summed E-state index contributed by atoms with van der Waals surface area (Å²) in [5.74, 6) is 0.899. The first-order chi connectivity index (χ1) is 14.6.